The number of allylic oxidation sites excluding steroid dienone is 1. The number of halogens is 2. The Morgan fingerprint density at radius 3 is 2.50 bits per heavy atom. The number of hydrogen-bond donors (Lipinski definition) is 0. The molecule has 0 aromatic heterocycles. The lowest BCUT2D eigenvalue weighted by Crippen LogP contribution is -2.04. The predicted molar refractivity (Wildman–Crippen MR) is 35.3 cm³/mol. The van der Waals surface area contributed by atoms with Gasteiger partial charge in [-0.05, 0) is 18.0 Å². The second kappa shape index (κ2) is 3.93. The molecule has 1 nitrogen and oxygen atoms in total. The predicted octanol–water partition coefficient (Wildman–Crippen LogP) is 1.94. The first-order valence-electron chi connectivity index (χ1n) is 2.12. The maximum absolute atomic E-state index is 10.1. The maximum atomic E-state index is 10.1. The van der Waals surface area contributed by atoms with Crippen LogP contribution in [0.1, 0.15) is 6.42 Å². The maximum Gasteiger partial charge on any atom is 0.239 e. The van der Waals surface area contributed by atoms with Gasteiger partial charge in [-0.2, -0.15) is 0 Å². The fourth-order valence-corrected chi connectivity index (χ4v) is 0.454. The van der Waals surface area contributed by atoms with Crippen LogP contribution < -0.4 is 0 Å². The second-order valence-corrected chi connectivity index (χ2v) is 2.20. The summed E-state index contributed by atoms with van der Waals surface area (Å²) in [5.41, 5.74) is 0. The van der Waals surface area contributed by atoms with Crippen LogP contribution in [0, 0.1) is 0 Å². The summed E-state index contributed by atoms with van der Waals surface area (Å²) < 4.78 is 0. The van der Waals surface area contributed by atoms with Crippen LogP contribution in [-0.4, -0.2) is 10.6 Å². The summed E-state index contributed by atoms with van der Waals surface area (Å²) in [6, 6.07) is 0. The molecule has 0 spiro atoms. The van der Waals surface area contributed by atoms with Crippen LogP contribution in [0.4, 0.5) is 0 Å². The molecule has 0 aliphatic heterocycles. The van der Waals surface area contributed by atoms with Gasteiger partial charge in [0.25, 0.3) is 0 Å². The Labute approximate surface area is 58.3 Å². The van der Waals surface area contributed by atoms with Crippen molar-refractivity contribution in [3.8, 4) is 0 Å². The van der Waals surface area contributed by atoms with E-state index in [9.17, 15) is 4.79 Å². The molecule has 0 rings (SSSR count). The Balaban J connectivity index is 3.46. The normalized spacial score (nSPS) is 12.8. The summed E-state index contributed by atoms with van der Waals surface area (Å²) in [6.45, 7) is 3.39. The minimum absolute atomic E-state index is 0.434. The first kappa shape index (κ1) is 7.99. The Morgan fingerprint density at radius 2 is 2.38 bits per heavy atom. The van der Waals surface area contributed by atoms with Gasteiger partial charge in [-0.3, -0.25) is 4.79 Å². The van der Waals surface area contributed by atoms with Crippen molar-refractivity contribution in [2.45, 2.75) is 11.8 Å². The van der Waals surface area contributed by atoms with Gasteiger partial charge >= 0.3 is 0 Å². The van der Waals surface area contributed by atoms with Crippen molar-refractivity contribution < 1.29 is 4.79 Å². The van der Waals surface area contributed by atoms with E-state index >= 15 is 0 Å². The third kappa shape index (κ3) is 3.05. The third-order valence-electron chi connectivity index (χ3n) is 0.620. The summed E-state index contributed by atoms with van der Waals surface area (Å²) in [5, 5.41) is -1.12. The van der Waals surface area contributed by atoms with Crippen LogP contribution in [0.15, 0.2) is 12.7 Å². The molecule has 0 aromatic carbocycles. The van der Waals surface area contributed by atoms with E-state index in [1.54, 1.807) is 6.08 Å². The molecule has 0 saturated heterocycles. The lowest BCUT2D eigenvalue weighted by molar-refractivity contribution is -0.111. The van der Waals surface area contributed by atoms with Crippen molar-refractivity contribution >= 4 is 28.4 Å². The van der Waals surface area contributed by atoms with Gasteiger partial charge in [-0.1, -0.05) is 6.08 Å². The monoisotopic (exact) mass is 152 g/mol. The molecule has 1 atom stereocenters. The minimum atomic E-state index is -0.603. The van der Waals surface area contributed by atoms with Gasteiger partial charge in [0, 0.05) is 0 Å². The minimum Gasteiger partial charge on any atom is -0.280 e. The highest BCUT2D eigenvalue weighted by atomic mass is 35.5. The van der Waals surface area contributed by atoms with E-state index in [1.807, 2.05) is 0 Å². The Bertz CT molecular complexity index is 101. The topological polar surface area (TPSA) is 17.1 Å². The molecule has 0 radical (unpaired) electrons. The van der Waals surface area contributed by atoms with E-state index in [2.05, 4.69) is 6.58 Å². The molecule has 46 valence electrons. The van der Waals surface area contributed by atoms with Crippen molar-refractivity contribution in [1.82, 2.24) is 0 Å². The zero-order valence-corrected chi connectivity index (χ0v) is 5.74. The standard InChI is InChI=1S/C5H6Cl2O/c1-2-3-4(6)5(7)8/h2,4H,1,3H2. The van der Waals surface area contributed by atoms with Crippen LogP contribution in [0.3, 0.4) is 0 Å². The van der Waals surface area contributed by atoms with Gasteiger partial charge in [0.1, 0.15) is 5.38 Å². The van der Waals surface area contributed by atoms with Crippen molar-refractivity contribution in [2.24, 2.45) is 0 Å². The highest BCUT2D eigenvalue weighted by Gasteiger charge is 2.08. The van der Waals surface area contributed by atoms with Gasteiger partial charge in [0.2, 0.25) is 5.24 Å². The van der Waals surface area contributed by atoms with Gasteiger partial charge in [-0.15, -0.1) is 18.2 Å². The second-order valence-electron chi connectivity index (χ2n) is 1.30. The fraction of sp³-hybridized carbons (Fsp3) is 0.400. The molecule has 0 bridgehead atoms. The Morgan fingerprint density at radius 1 is 1.88 bits per heavy atom. The van der Waals surface area contributed by atoms with E-state index < -0.39 is 10.6 Å². The average Bonchev–Trinajstić information content (AvgIpc) is 1.67. The molecule has 0 N–H and O–H groups in total. The quantitative estimate of drug-likeness (QED) is 0.344. The lowest BCUT2D eigenvalue weighted by atomic mass is 10.3. The number of carbonyl (C=O) groups is 1. The molecule has 8 heavy (non-hydrogen) atoms. The molecular weight excluding hydrogens is 147 g/mol. The van der Waals surface area contributed by atoms with Crippen molar-refractivity contribution in [1.29, 1.82) is 0 Å². The zero-order valence-electron chi connectivity index (χ0n) is 4.23. The highest BCUT2D eigenvalue weighted by molar-refractivity contribution is 6.69. The average molecular weight is 153 g/mol. The Hall–Kier alpha value is -0.0100. The number of alkyl halides is 1. The molecule has 0 heterocycles. The molecule has 0 amide bonds. The van der Waals surface area contributed by atoms with Crippen LogP contribution in [0.25, 0.3) is 0 Å². The molecule has 0 aliphatic carbocycles. The van der Waals surface area contributed by atoms with Gasteiger partial charge in [-0.25, -0.2) is 0 Å². The molecule has 0 aliphatic rings. The SMILES string of the molecule is C=CCC(Cl)C(=O)Cl. The van der Waals surface area contributed by atoms with E-state index in [0.29, 0.717) is 6.42 Å². The number of rotatable bonds is 3. The molecule has 1 unspecified atom stereocenters. The number of hydrogen-bond acceptors (Lipinski definition) is 1. The first-order chi connectivity index (χ1) is 3.68. The van der Waals surface area contributed by atoms with Gasteiger partial charge < -0.3 is 0 Å². The molecular formula is C5H6Cl2O. The van der Waals surface area contributed by atoms with E-state index in [0.717, 1.165) is 0 Å². The van der Waals surface area contributed by atoms with Crippen molar-refractivity contribution in [3.05, 3.63) is 12.7 Å². The summed E-state index contributed by atoms with van der Waals surface area (Å²) >= 11 is 10.4. The Kier molecular flexibility index (Phi) is 3.92. The van der Waals surface area contributed by atoms with Crippen LogP contribution in [-0.2, 0) is 4.79 Å². The highest BCUT2D eigenvalue weighted by Crippen LogP contribution is 2.05. The van der Waals surface area contributed by atoms with E-state index in [-0.39, 0.29) is 0 Å². The molecule has 0 saturated carbocycles. The largest absolute Gasteiger partial charge is 0.280 e. The molecule has 0 fully saturated rings. The molecule has 0 aromatic rings. The first-order valence-corrected chi connectivity index (χ1v) is 2.94. The summed E-state index contributed by atoms with van der Waals surface area (Å²) in [4.78, 5) is 10.1. The van der Waals surface area contributed by atoms with Crippen LogP contribution >= 0.6 is 23.2 Å². The van der Waals surface area contributed by atoms with Crippen LogP contribution in [0.5, 0.6) is 0 Å². The number of carbonyl (C=O) groups excluding carboxylic acids is 1. The van der Waals surface area contributed by atoms with E-state index in [1.165, 1.54) is 0 Å². The fourth-order valence-electron chi connectivity index (χ4n) is 0.239. The van der Waals surface area contributed by atoms with Crippen LogP contribution in [0.2, 0.25) is 0 Å². The smallest absolute Gasteiger partial charge is 0.239 e. The summed E-state index contributed by atoms with van der Waals surface area (Å²) in [6.07, 6.45) is 1.99. The zero-order chi connectivity index (χ0) is 6.57. The van der Waals surface area contributed by atoms with E-state index in [4.69, 9.17) is 23.2 Å². The third-order valence-corrected chi connectivity index (χ3v) is 1.37. The van der Waals surface area contributed by atoms with Crippen molar-refractivity contribution in [2.75, 3.05) is 0 Å². The lowest BCUT2D eigenvalue weighted by Gasteiger charge is -1.94. The summed E-state index contributed by atoms with van der Waals surface area (Å²) in [7, 11) is 0. The van der Waals surface area contributed by atoms with Gasteiger partial charge in [0.05, 0.1) is 0 Å². The molecule has 3 heteroatoms. The summed E-state index contributed by atoms with van der Waals surface area (Å²) in [5.74, 6) is 0. The van der Waals surface area contributed by atoms with Gasteiger partial charge in [0.15, 0.2) is 0 Å². The van der Waals surface area contributed by atoms with Crippen molar-refractivity contribution in [3.63, 3.8) is 0 Å².